The fraction of sp³-hybridized carbons (Fsp3) is 0.562. The first-order valence-electron chi connectivity index (χ1n) is 7.19. The molecule has 0 spiro atoms. The van der Waals surface area contributed by atoms with Gasteiger partial charge in [0.05, 0.1) is 16.6 Å². The zero-order chi connectivity index (χ0) is 14.5. The Bertz CT molecular complexity index is 636. The van der Waals surface area contributed by atoms with Crippen LogP contribution in [-0.4, -0.2) is 20.3 Å². The molecule has 1 aliphatic carbocycles. The quantitative estimate of drug-likeness (QED) is 0.872. The first-order chi connectivity index (χ1) is 9.35. The maximum atomic E-state index is 10.4. The van der Waals surface area contributed by atoms with Crippen molar-refractivity contribution in [3.63, 3.8) is 0 Å². The summed E-state index contributed by atoms with van der Waals surface area (Å²) < 4.78 is 7.44. The number of rotatable bonds is 3. The van der Waals surface area contributed by atoms with Gasteiger partial charge in [-0.15, -0.1) is 0 Å². The normalized spacial score (nSPS) is 17.6. The van der Waals surface area contributed by atoms with Gasteiger partial charge in [-0.05, 0) is 64.2 Å². The SMILES string of the molecule is Cc1nc2ccc(C3CC3)cc2n1C(O)OC(C)(C)C. The number of hydrogen-bond acceptors (Lipinski definition) is 3. The second-order valence-electron chi connectivity index (χ2n) is 6.61. The number of aromatic nitrogens is 2. The highest BCUT2D eigenvalue weighted by atomic mass is 16.6. The molecule has 1 atom stereocenters. The van der Waals surface area contributed by atoms with Crippen LogP contribution in [0.1, 0.15) is 57.3 Å². The second-order valence-corrected chi connectivity index (χ2v) is 6.61. The van der Waals surface area contributed by atoms with E-state index in [1.807, 2.05) is 33.8 Å². The predicted molar refractivity (Wildman–Crippen MR) is 78.5 cm³/mol. The van der Waals surface area contributed by atoms with E-state index < -0.39 is 12.0 Å². The van der Waals surface area contributed by atoms with Crippen molar-refractivity contribution in [3.8, 4) is 0 Å². The highest BCUT2D eigenvalue weighted by molar-refractivity contribution is 5.77. The van der Waals surface area contributed by atoms with Crippen LogP contribution in [0.25, 0.3) is 11.0 Å². The van der Waals surface area contributed by atoms with Crippen molar-refractivity contribution in [2.75, 3.05) is 0 Å². The van der Waals surface area contributed by atoms with Gasteiger partial charge in [-0.2, -0.15) is 0 Å². The average molecular weight is 274 g/mol. The zero-order valence-corrected chi connectivity index (χ0v) is 12.6. The molecule has 0 bridgehead atoms. The van der Waals surface area contributed by atoms with Crippen molar-refractivity contribution in [2.45, 2.75) is 58.5 Å². The molecule has 3 rings (SSSR count). The van der Waals surface area contributed by atoms with Gasteiger partial charge < -0.3 is 9.84 Å². The van der Waals surface area contributed by atoms with E-state index in [9.17, 15) is 5.11 Å². The third kappa shape index (κ3) is 2.58. The van der Waals surface area contributed by atoms with Gasteiger partial charge in [0.2, 0.25) is 6.41 Å². The van der Waals surface area contributed by atoms with E-state index in [-0.39, 0.29) is 0 Å². The van der Waals surface area contributed by atoms with Gasteiger partial charge in [0.1, 0.15) is 5.82 Å². The number of fused-ring (bicyclic) bond motifs is 1. The summed E-state index contributed by atoms with van der Waals surface area (Å²) in [5.41, 5.74) is 2.78. The summed E-state index contributed by atoms with van der Waals surface area (Å²) in [4.78, 5) is 4.51. The Morgan fingerprint density at radius 1 is 1.35 bits per heavy atom. The van der Waals surface area contributed by atoms with Gasteiger partial charge in [-0.3, -0.25) is 4.57 Å². The number of aliphatic hydroxyl groups is 1. The van der Waals surface area contributed by atoms with Gasteiger partial charge in [-0.1, -0.05) is 6.07 Å². The molecule has 0 amide bonds. The average Bonchev–Trinajstić information content (AvgIpc) is 3.08. The van der Waals surface area contributed by atoms with Crippen LogP contribution < -0.4 is 0 Å². The molecular formula is C16H22N2O2. The van der Waals surface area contributed by atoms with Crippen molar-refractivity contribution >= 4 is 11.0 Å². The Kier molecular flexibility index (Phi) is 3.10. The van der Waals surface area contributed by atoms with Gasteiger partial charge in [0.15, 0.2) is 0 Å². The lowest BCUT2D eigenvalue weighted by molar-refractivity contribution is -0.208. The van der Waals surface area contributed by atoms with E-state index in [0.717, 1.165) is 16.9 Å². The standard InChI is InChI=1S/C16H22N2O2/c1-10-17-13-8-7-12(11-5-6-11)9-14(13)18(10)15(19)20-16(2,3)4/h7-9,11,15,19H,5-6H2,1-4H3. The third-order valence-corrected chi connectivity index (χ3v) is 3.62. The van der Waals surface area contributed by atoms with E-state index in [1.54, 1.807) is 4.57 Å². The Morgan fingerprint density at radius 2 is 2.05 bits per heavy atom. The molecule has 2 aromatic rings. The van der Waals surface area contributed by atoms with Gasteiger partial charge in [0.25, 0.3) is 0 Å². The van der Waals surface area contributed by atoms with Crippen molar-refractivity contribution < 1.29 is 9.84 Å². The molecule has 20 heavy (non-hydrogen) atoms. The van der Waals surface area contributed by atoms with Crippen LogP contribution in [0.3, 0.4) is 0 Å². The van der Waals surface area contributed by atoms with Crippen molar-refractivity contribution in [1.29, 1.82) is 0 Å². The van der Waals surface area contributed by atoms with Crippen LogP contribution in [0.2, 0.25) is 0 Å². The molecule has 0 saturated heterocycles. The monoisotopic (exact) mass is 274 g/mol. The Morgan fingerprint density at radius 3 is 2.65 bits per heavy atom. The summed E-state index contributed by atoms with van der Waals surface area (Å²) in [6.07, 6.45) is 1.52. The van der Waals surface area contributed by atoms with E-state index >= 15 is 0 Å². The summed E-state index contributed by atoms with van der Waals surface area (Å²) in [5.74, 6) is 1.45. The summed E-state index contributed by atoms with van der Waals surface area (Å²) in [6, 6.07) is 6.33. The molecule has 4 nitrogen and oxygen atoms in total. The van der Waals surface area contributed by atoms with Crippen molar-refractivity contribution in [2.24, 2.45) is 0 Å². The van der Waals surface area contributed by atoms with E-state index in [1.165, 1.54) is 18.4 Å². The lowest BCUT2D eigenvalue weighted by Crippen LogP contribution is -2.26. The molecule has 1 heterocycles. The highest BCUT2D eigenvalue weighted by Crippen LogP contribution is 2.41. The number of aliphatic hydroxyl groups excluding tert-OH is 1. The predicted octanol–water partition coefficient (Wildman–Crippen LogP) is 3.49. The summed E-state index contributed by atoms with van der Waals surface area (Å²) in [7, 11) is 0. The van der Waals surface area contributed by atoms with Crippen LogP contribution >= 0.6 is 0 Å². The summed E-state index contributed by atoms with van der Waals surface area (Å²) in [6.45, 7) is 7.69. The lowest BCUT2D eigenvalue weighted by atomic mass is 10.1. The number of imidazole rings is 1. The molecule has 108 valence electrons. The smallest absolute Gasteiger partial charge is 0.243 e. The minimum Gasteiger partial charge on any atom is -0.351 e. The number of benzene rings is 1. The first kappa shape index (κ1) is 13.6. The van der Waals surface area contributed by atoms with E-state index in [2.05, 4.69) is 17.1 Å². The zero-order valence-electron chi connectivity index (χ0n) is 12.6. The van der Waals surface area contributed by atoms with Crippen LogP contribution in [0, 0.1) is 6.92 Å². The molecule has 1 aromatic heterocycles. The third-order valence-electron chi connectivity index (χ3n) is 3.62. The fourth-order valence-corrected chi connectivity index (χ4v) is 2.55. The van der Waals surface area contributed by atoms with Crippen LogP contribution in [0.15, 0.2) is 18.2 Å². The molecule has 1 saturated carbocycles. The minimum atomic E-state index is -1.01. The fourth-order valence-electron chi connectivity index (χ4n) is 2.55. The highest BCUT2D eigenvalue weighted by Gasteiger charge is 2.26. The molecular weight excluding hydrogens is 252 g/mol. The minimum absolute atomic E-state index is 0.406. The maximum Gasteiger partial charge on any atom is 0.243 e. The largest absolute Gasteiger partial charge is 0.351 e. The van der Waals surface area contributed by atoms with Crippen LogP contribution in [0.4, 0.5) is 0 Å². The molecule has 4 heteroatoms. The van der Waals surface area contributed by atoms with Crippen LogP contribution in [0.5, 0.6) is 0 Å². The number of nitrogens with zero attached hydrogens (tertiary/aromatic N) is 2. The van der Waals surface area contributed by atoms with Crippen molar-refractivity contribution in [1.82, 2.24) is 9.55 Å². The number of aryl methyl sites for hydroxylation is 1. The Hall–Kier alpha value is -1.39. The summed E-state index contributed by atoms with van der Waals surface area (Å²) >= 11 is 0. The summed E-state index contributed by atoms with van der Waals surface area (Å²) in [5, 5.41) is 10.4. The molecule has 1 fully saturated rings. The lowest BCUT2D eigenvalue weighted by Gasteiger charge is -2.25. The number of ether oxygens (including phenoxy) is 1. The molecule has 1 aromatic carbocycles. The first-order valence-corrected chi connectivity index (χ1v) is 7.19. The molecule has 0 radical (unpaired) electrons. The van der Waals surface area contributed by atoms with Crippen LogP contribution in [-0.2, 0) is 4.74 Å². The van der Waals surface area contributed by atoms with Gasteiger partial charge in [0, 0.05) is 0 Å². The van der Waals surface area contributed by atoms with E-state index in [4.69, 9.17) is 4.74 Å². The van der Waals surface area contributed by atoms with Gasteiger partial charge >= 0.3 is 0 Å². The van der Waals surface area contributed by atoms with Crippen molar-refractivity contribution in [3.05, 3.63) is 29.6 Å². The molecule has 1 N–H and O–H groups in total. The molecule has 0 aliphatic heterocycles. The Balaban J connectivity index is 2.03. The maximum absolute atomic E-state index is 10.4. The van der Waals surface area contributed by atoms with E-state index in [0.29, 0.717) is 5.92 Å². The van der Waals surface area contributed by atoms with Gasteiger partial charge in [-0.25, -0.2) is 4.98 Å². The molecule has 1 unspecified atom stereocenters. The second kappa shape index (κ2) is 4.57. The topological polar surface area (TPSA) is 47.3 Å². The number of hydrogen-bond donors (Lipinski definition) is 1. The molecule has 1 aliphatic rings. The Labute approximate surface area is 119 Å².